The third kappa shape index (κ3) is 2.66. The Hall–Kier alpha value is -0.360. The van der Waals surface area contributed by atoms with Gasteiger partial charge < -0.3 is 15.7 Å². The summed E-state index contributed by atoms with van der Waals surface area (Å²) in [7, 11) is 0. The summed E-state index contributed by atoms with van der Waals surface area (Å²) in [6, 6.07) is -0.246. The molecule has 90 valence electrons. The minimum atomic E-state index is -0.246. The molecule has 3 N–H and O–H groups in total. The molecule has 6 heteroatoms. The molecule has 0 spiro atoms. The lowest BCUT2D eigenvalue weighted by atomic mass is 10.2. The second-order valence-corrected chi connectivity index (χ2v) is 5.47. The van der Waals surface area contributed by atoms with Crippen molar-refractivity contribution in [3.05, 3.63) is 10.0 Å². The molecule has 1 aliphatic heterocycles. The van der Waals surface area contributed by atoms with E-state index in [9.17, 15) is 0 Å². The van der Waals surface area contributed by atoms with Gasteiger partial charge in [0.2, 0.25) is 0 Å². The predicted octanol–water partition coefficient (Wildman–Crippen LogP) is 1.26. The molecule has 0 amide bonds. The first-order valence-corrected chi connectivity index (χ1v) is 6.66. The van der Waals surface area contributed by atoms with E-state index in [1.165, 1.54) is 12.8 Å². The molecule has 4 nitrogen and oxygen atoms in total. The van der Waals surface area contributed by atoms with Crippen molar-refractivity contribution in [2.75, 3.05) is 24.6 Å². The highest BCUT2D eigenvalue weighted by Gasteiger charge is 2.19. The van der Waals surface area contributed by atoms with Crippen LogP contribution in [0.15, 0.2) is 0 Å². The summed E-state index contributed by atoms with van der Waals surface area (Å²) in [5.41, 5.74) is 5.69. The zero-order valence-electron chi connectivity index (χ0n) is 9.03. The van der Waals surface area contributed by atoms with Gasteiger partial charge >= 0.3 is 0 Å². The Bertz CT molecular complexity index is 352. The first-order chi connectivity index (χ1) is 7.70. The van der Waals surface area contributed by atoms with Crippen LogP contribution in [-0.2, 0) is 6.42 Å². The van der Waals surface area contributed by atoms with Gasteiger partial charge in [0.15, 0.2) is 5.13 Å². The van der Waals surface area contributed by atoms with E-state index in [-0.39, 0.29) is 12.6 Å². The quantitative estimate of drug-likeness (QED) is 0.857. The Morgan fingerprint density at radius 3 is 2.81 bits per heavy atom. The molecular weight excluding hydrogens is 246 g/mol. The molecule has 1 aromatic rings. The molecule has 16 heavy (non-hydrogen) atoms. The van der Waals surface area contributed by atoms with Crippen LogP contribution in [0.4, 0.5) is 5.13 Å². The number of hydrogen-bond acceptors (Lipinski definition) is 5. The van der Waals surface area contributed by atoms with Crippen molar-refractivity contribution >= 4 is 28.1 Å². The van der Waals surface area contributed by atoms with Gasteiger partial charge in [0, 0.05) is 30.4 Å². The molecule has 0 bridgehead atoms. The number of thiazole rings is 1. The Balaban J connectivity index is 2.08. The lowest BCUT2D eigenvalue weighted by Crippen LogP contribution is -2.26. The van der Waals surface area contributed by atoms with Gasteiger partial charge in [-0.15, -0.1) is 11.3 Å². The van der Waals surface area contributed by atoms with E-state index < -0.39 is 0 Å². The molecule has 1 unspecified atom stereocenters. The summed E-state index contributed by atoms with van der Waals surface area (Å²) in [6.07, 6.45) is 3.05. The zero-order valence-corrected chi connectivity index (χ0v) is 10.6. The van der Waals surface area contributed by atoms with Gasteiger partial charge in [-0.05, 0) is 12.8 Å². The third-order valence-electron chi connectivity index (χ3n) is 2.70. The maximum atomic E-state index is 8.91. The topological polar surface area (TPSA) is 62.4 Å². The highest BCUT2D eigenvalue weighted by atomic mass is 35.5. The van der Waals surface area contributed by atoms with Crippen LogP contribution in [0, 0.1) is 0 Å². The first-order valence-electron chi connectivity index (χ1n) is 5.47. The molecule has 0 aliphatic carbocycles. The fourth-order valence-corrected chi connectivity index (χ4v) is 3.21. The number of nitrogens with two attached hydrogens (primary N) is 1. The molecule has 2 rings (SSSR count). The number of anilines is 1. The van der Waals surface area contributed by atoms with E-state index in [4.69, 9.17) is 22.4 Å². The maximum Gasteiger partial charge on any atom is 0.187 e. The van der Waals surface area contributed by atoms with Crippen molar-refractivity contribution in [2.45, 2.75) is 25.3 Å². The molecule has 1 atom stereocenters. The fourth-order valence-electron chi connectivity index (χ4n) is 1.79. The second kappa shape index (κ2) is 5.31. The minimum Gasteiger partial charge on any atom is -0.395 e. The predicted molar refractivity (Wildman–Crippen MR) is 67.3 cm³/mol. The Labute approximate surface area is 104 Å². The summed E-state index contributed by atoms with van der Waals surface area (Å²) in [4.78, 5) is 7.58. The number of aliphatic hydroxyl groups excluding tert-OH is 1. The van der Waals surface area contributed by atoms with E-state index in [1.807, 2.05) is 0 Å². The van der Waals surface area contributed by atoms with Crippen molar-refractivity contribution < 1.29 is 5.11 Å². The van der Waals surface area contributed by atoms with Gasteiger partial charge in [-0.3, -0.25) is 0 Å². The van der Waals surface area contributed by atoms with Crippen LogP contribution in [0.1, 0.15) is 17.7 Å². The summed E-state index contributed by atoms with van der Waals surface area (Å²) >= 11 is 7.65. The van der Waals surface area contributed by atoms with E-state index in [1.54, 1.807) is 11.3 Å². The van der Waals surface area contributed by atoms with Crippen molar-refractivity contribution in [3.63, 3.8) is 0 Å². The summed E-state index contributed by atoms with van der Waals surface area (Å²) in [5.74, 6) is 0. The van der Waals surface area contributed by atoms with E-state index >= 15 is 0 Å². The van der Waals surface area contributed by atoms with Crippen LogP contribution in [0.2, 0.25) is 5.15 Å². The number of aliphatic hydroxyl groups is 1. The third-order valence-corrected chi connectivity index (χ3v) is 4.26. The Morgan fingerprint density at radius 2 is 2.19 bits per heavy atom. The average Bonchev–Trinajstić information content (AvgIpc) is 2.88. The SMILES string of the molecule is NC(CO)Cc1sc(N2CCCC2)nc1Cl. The van der Waals surface area contributed by atoms with Gasteiger partial charge in [-0.25, -0.2) is 4.98 Å². The molecule has 1 fully saturated rings. The highest BCUT2D eigenvalue weighted by Crippen LogP contribution is 2.32. The number of rotatable bonds is 4. The van der Waals surface area contributed by atoms with Gasteiger partial charge in [-0.1, -0.05) is 11.6 Å². The molecule has 1 saturated heterocycles. The molecule has 0 aromatic carbocycles. The zero-order chi connectivity index (χ0) is 11.5. The van der Waals surface area contributed by atoms with Crippen LogP contribution in [0.3, 0.4) is 0 Å². The largest absolute Gasteiger partial charge is 0.395 e. The second-order valence-electron chi connectivity index (χ2n) is 4.05. The summed E-state index contributed by atoms with van der Waals surface area (Å²) in [6.45, 7) is 2.11. The van der Waals surface area contributed by atoms with E-state index in [0.717, 1.165) is 23.1 Å². The average molecular weight is 262 g/mol. The summed E-state index contributed by atoms with van der Waals surface area (Å²) < 4.78 is 0. The van der Waals surface area contributed by atoms with Crippen LogP contribution >= 0.6 is 22.9 Å². The fraction of sp³-hybridized carbons (Fsp3) is 0.700. The van der Waals surface area contributed by atoms with Crippen LogP contribution in [0.5, 0.6) is 0 Å². The molecule has 0 saturated carbocycles. The lowest BCUT2D eigenvalue weighted by molar-refractivity contribution is 0.265. The van der Waals surface area contributed by atoms with Crippen molar-refractivity contribution in [2.24, 2.45) is 5.73 Å². The van der Waals surface area contributed by atoms with E-state index in [2.05, 4.69) is 9.88 Å². The molecular formula is C10H16ClN3OS. The number of hydrogen-bond donors (Lipinski definition) is 2. The summed E-state index contributed by atoms with van der Waals surface area (Å²) in [5, 5.41) is 10.4. The van der Waals surface area contributed by atoms with Crippen molar-refractivity contribution in [3.8, 4) is 0 Å². The van der Waals surface area contributed by atoms with Gasteiger partial charge in [0.25, 0.3) is 0 Å². The monoisotopic (exact) mass is 261 g/mol. The van der Waals surface area contributed by atoms with E-state index in [0.29, 0.717) is 11.6 Å². The highest BCUT2D eigenvalue weighted by molar-refractivity contribution is 7.16. The lowest BCUT2D eigenvalue weighted by Gasteiger charge is -2.12. The minimum absolute atomic E-state index is 0.0206. The van der Waals surface area contributed by atoms with Crippen molar-refractivity contribution in [1.29, 1.82) is 0 Å². The molecule has 2 heterocycles. The standard InChI is InChI=1S/C10H16ClN3OS/c11-9-8(5-7(12)6-15)16-10(13-9)14-3-1-2-4-14/h7,15H,1-6,12H2. The van der Waals surface area contributed by atoms with Gasteiger partial charge in [-0.2, -0.15) is 0 Å². The first kappa shape index (κ1) is 12.1. The number of halogens is 1. The number of aromatic nitrogens is 1. The molecule has 0 radical (unpaired) electrons. The van der Waals surface area contributed by atoms with Gasteiger partial charge in [0.1, 0.15) is 5.15 Å². The Kier molecular flexibility index (Phi) is 4.02. The van der Waals surface area contributed by atoms with Gasteiger partial charge in [0.05, 0.1) is 6.61 Å². The van der Waals surface area contributed by atoms with Crippen molar-refractivity contribution in [1.82, 2.24) is 4.98 Å². The maximum absolute atomic E-state index is 8.91. The molecule has 1 aromatic heterocycles. The molecule has 1 aliphatic rings. The normalized spacial score (nSPS) is 18.1. The van der Waals surface area contributed by atoms with Crippen LogP contribution in [-0.4, -0.2) is 35.8 Å². The van der Waals surface area contributed by atoms with Crippen LogP contribution in [0.25, 0.3) is 0 Å². The van der Waals surface area contributed by atoms with Crippen LogP contribution < -0.4 is 10.6 Å². The smallest absolute Gasteiger partial charge is 0.187 e. The Morgan fingerprint density at radius 1 is 1.50 bits per heavy atom. The number of nitrogens with zero attached hydrogens (tertiary/aromatic N) is 2.